The van der Waals surface area contributed by atoms with Gasteiger partial charge in [0, 0.05) is 23.9 Å². The number of halogens is 1. The molecule has 1 aliphatic heterocycles. The van der Waals surface area contributed by atoms with Crippen LogP contribution >= 0.6 is 11.3 Å². The van der Waals surface area contributed by atoms with Gasteiger partial charge in [-0.25, -0.2) is 9.37 Å². The molecule has 1 aliphatic rings. The smallest absolute Gasteiger partial charge is 0.228 e. The number of hydrogen-bond acceptors (Lipinski definition) is 3. The van der Waals surface area contributed by atoms with Crippen LogP contribution in [0.3, 0.4) is 0 Å². The van der Waals surface area contributed by atoms with Crippen LogP contribution in [0.5, 0.6) is 0 Å². The standard InChI is InChI=1S/C16H17FN2OS/c1-16(17)7-8-19(11-16)14(20)9-13-10-21-15(18-13)12-5-3-2-4-6-12/h2-6,10H,7-9,11H2,1H3/t16-/m0/s1. The van der Waals surface area contributed by atoms with Crippen molar-refractivity contribution in [3.05, 3.63) is 41.4 Å². The van der Waals surface area contributed by atoms with Gasteiger partial charge < -0.3 is 4.90 Å². The molecule has 0 unspecified atom stereocenters. The monoisotopic (exact) mass is 304 g/mol. The summed E-state index contributed by atoms with van der Waals surface area (Å²) in [5.41, 5.74) is 0.572. The van der Waals surface area contributed by atoms with Crippen molar-refractivity contribution in [1.29, 1.82) is 0 Å². The number of likely N-dealkylation sites (tertiary alicyclic amines) is 1. The highest BCUT2D eigenvalue weighted by molar-refractivity contribution is 7.13. The maximum Gasteiger partial charge on any atom is 0.228 e. The Bertz CT molecular complexity index is 639. The molecule has 21 heavy (non-hydrogen) atoms. The molecule has 0 radical (unpaired) electrons. The molecule has 0 aliphatic carbocycles. The van der Waals surface area contributed by atoms with E-state index in [1.807, 2.05) is 35.7 Å². The number of alkyl halides is 1. The summed E-state index contributed by atoms with van der Waals surface area (Å²) >= 11 is 1.53. The minimum absolute atomic E-state index is 0.0405. The van der Waals surface area contributed by atoms with E-state index in [-0.39, 0.29) is 18.9 Å². The Morgan fingerprint density at radius 3 is 2.86 bits per heavy atom. The van der Waals surface area contributed by atoms with Crippen molar-refractivity contribution in [3.8, 4) is 10.6 Å². The van der Waals surface area contributed by atoms with Gasteiger partial charge in [-0.1, -0.05) is 30.3 Å². The molecule has 2 heterocycles. The Morgan fingerprint density at radius 1 is 1.43 bits per heavy atom. The largest absolute Gasteiger partial charge is 0.339 e. The Balaban J connectivity index is 1.66. The Kier molecular flexibility index (Phi) is 3.76. The fourth-order valence-electron chi connectivity index (χ4n) is 2.51. The fraction of sp³-hybridized carbons (Fsp3) is 0.375. The average molecular weight is 304 g/mol. The van der Waals surface area contributed by atoms with Crippen LogP contribution in [0, 0.1) is 0 Å². The molecule has 5 heteroatoms. The van der Waals surface area contributed by atoms with Gasteiger partial charge in [-0.05, 0) is 6.92 Å². The van der Waals surface area contributed by atoms with Crippen molar-refractivity contribution in [2.45, 2.75) is 25.4 Å². The van der Waals surface area contributed by atoms with Crippen LogP contribution in [0.2, 0.25) is 0 Å². The zero-order chi connectivity index (χ0) is 14.9. The second-order valence-corrected chi connectivity index (χ2v) is 6.52. The molecule has 1 atom stereocenters. The van der Waals surface area contributed by atoms with Crippen LogP contribution in [0.4, 0.5) is 4.39 Å². The van der Waals surface area contributed by atoms with E-state index >= 15 is 0 Å². The fourth-order valence-corrected chi connectivity index (χ4v) is 3.33. The van der Waals surface area contributed by atoms with Gasteiger partial charge in [-0.2, -0.15) is 0 Å². The van der Waals surface area contributed by atoms with Gasteiger partial charge in [0.05, 0.1) is 18.7 Å². The third kappa shape index (κ3) is 3.29. The molecule has 0 bridgehead atoms. The Morgan fingerprint density at radius 2 is 2.19 bits per heavy atom. The van der Waals surface area contributed by atoms with Crippen molar-refractivity contribution in [1.82, 2.24) is 9.88 Å². The van der Waals surface area contributed by atoms with Crippen LogP contribution in [0.25, 0.3) is 10.6 Å². The van der Waals surface area contributed by atoms with Gasteiger partial charge in [-0.15, -0.1) is 11.3 Å². The van der Waals surface area contributed by atoms with E-state index in [1.54, 1.807) is 11.8 Å². The number of rotatable bonds is 3. The molecule has 1 amide bonds. The van der Waals surface area contributed by atoms with E-state index in [1.165, 1.54) is 11.3 Å². The van der Waals surface area contributed by atoms with Gasteiger partial charge in [0.25, 0.3) is 0 Å². The second kappa shape index (κ2) is 5.56. The molecule has 0 spiro atoms. The minimum atomic E-state index is -1.24. The molecule has 1 aromatic heterocycles. The molecule has 110 valence electrons. The van der Waals surface area contributed by atoms with Crippen molar-refractivity contribution in [2.75, 3.05) is 13.1 Å². The number of hydrogen-bond donors (Lipinski definition) is 0. The Hall–Kier alpha value is -1.75. The number of aromatic nitrogens is 1. The number of carbonyl (C=O) groups excluding carboxylic acids is 1. The number of amides is 1. The zero-order valence-corrected chi connectivity index (χ0v) is 12.7. The van der Waals surface area contributed by atoms with E-state index in [0.717, 1.165) is 16.3 Å². The van der Waals surface area contributed by atoms with Crippen molar-refractivity contribution >= 4 is 17.2 Å². The summed E-state index contributed by atoms with van der Waals surface area (Å²) in [5.74, 6) is -0.0405. The summed E-state index contributed by atoms with van der Waals surface area (Å²) in [6, 6.07) is 9.89. The number of benzene rings is 1. The maximum atomic E-state index is 13.8. The topological polar surface area (TPSA) is 33.2 Å². The van der Waals surface area contributed by atoms with Crippen LogP contribution < -0.4 is 0 Å². The molecule has 1 aromatic carbocycles. The SMILES string of the molecule is C[C@]1(F)CCN(C(=O)Cc2csc(-c3ccccc3)n2)C1. The zero-order valence-electron chi connectivity index (χ0n) is 11.9. The third-order valence-electron chi connectivity index (χ3n) is 3.68. The van der Waals surface area contributed by atoms with Crippen LogP contribution in [0.15, 0.2) is 35.7 Å². The highest BCUT2D eigenvalue weighted by atomic mass is 32.1. The first kappa shape index (κ1) is 14.2. The maximum absolute atomic E-state index is 13.8. The summed E-state index contributed by atoms with van der Waals surface area (Å²) in [6.45, 7) is 2.25. The van der Waals surface area contributed by atoms with Crippen LogP contribution in [-0.2, 0) is 11.2 Å². The van der Waals surface area contributed by atoms with Crippen molar-refractivity contribution in [2.24, 2.45) is 0 Å². The number of thiazole rings is 1. The second-order valence-electron chi connectivity index (χ2n) is 5.67. The molecule has 3 nitrogen and oxygen atoms in total. The lowest BCUT2D eigenvalue weighted by Crippen LogP contribution is -2.33. The van der Waals surface area contributed by atoms with Crippen LogP contribution in [0.1, 0.15) is 19.0 Å². The van der Waals surface area contributed by atoms with E-state index in [2.05, 4.69) is 4.98 Å². The van der Waals surface area contributed by atoms with E-state index in [4.69, 9.17) is 0 Å². The predicted molar refractivity (Wildman–Crippen MR) is 82.0 cm³/mol. The average Bonchev–Trinajstić information content (AvgIpc) is 3.06. The Labute approximate surface area is 127 Å². The summed E-state index contributed by atoms with van der Waals surface area (Å²) in [7, 11) is 0. The minimum Gasteiger partial charge on any atom is -0.339 e. The predicted octanol–water partition coefficient (Wildman–Crippen LogP) is 3.31. The first-order valence-corrected chi connectivity index (χ1v) is 7.88. The molecule has 0 N–H and O–H groups in total. The van der Waals surface area contributed by atoms with E-state index in [0.29, 0.717) is 13.0 Å². The quantitative estimate of drug-likeness (QED) is 0.871. The van der Waals surface area contributed by atoms with Crippen LogP contribution in [-0.4, -0.2) is 34.5 Å². The summed E-state index contributed by atoms with van der Waals surface area (Å²) < 4.78 is 13.8. The molecule has 3 rings (SSSR count). The summed E-state index contributed by atoms with van der Waals surface area (Å²) in [6.07, 6.45) is 0.671. The third-order valence-corrected chi connectivity index (χ3v) is 4.62. The molecule has 1 fully saturated rings. The highest BCUT2D eigenvalue weighted by Crippen LogP contribution is 2.26. The normalized spacial score (nSPS) is 21.7. The molecule has 2 aromatic rings. The number of carbonyl (C=O) groups is 1. The van der Waals surface area contributed by atoms with Gasteiger partial charge >= 0.3 is 0 Å². The van der Waals surface area contributed by atoms with Crippen molar-refractivity contribution in [3.63, 3.8) is 0 Å². The van der Waals surface area contributed by atoms with E-state index in [9.17, 15) is 9.18 Å². The van der Waals surface area contributed by atoms with Gasteiger partial charge in [0.15, 0.2) is 0 Å². The lowest BCUT2D eigenvalue weighted by Gasteiger charge is -2.16. The van der Waals surface area contributed by atoms with Gasteiger partial charge in [-0.3, -0.25) is 4.79 Å². The highest BCUT2D eigenvalue weighted by Gasteiger charge is 2.35. The van der Waals surface area contributed by atoms with Crippen molar-refractivity contribution < 1.29 is 9.18 Å². The first-order chi connectivity index (χ1) is 10.0. The summed E-state index contributed by atoms with van der Waals surface area (Å²) in [5, 5.41) is 2.82. The molecular weight excluding hydrogens is 287 g/mol. The molecule has 0 saturated carbocycles. The number of nitrogens with zero attached hydrogens (tertiary/aromatic N) is 2. The lowest BCUT2D eigenvalue weighted by atomic mass is 10.1. The summed E-state index contributed by atoms with van der Waals surface area (Å²) in [4.78, 5) is 18.3. The lowest BCUT2D eigenvalue weighted by molar-refractivity contribution is -0.129. The van der Waals surface area contributed by atoms with E-state index < -0.39 is 5.67 Å². The first-order valence-electron chi connectivity index (χ1n) is 7.00. The van der Waals surface area contributed by atoms with Gasteiger partial charge in [0.2, 0.25) is 5.91 Å². The molecular formula is C16H17FN2OS. The molecule has 1 saturated heterocycles. The van der Waals surface area contributed by atoms with Gasteiger partial charge in [0.1, 0.15) is 10.7 Å².